The van der Waals surface area contributed by atoms with E-state index >= 15 is 0 Å². The molecule has 2 heterocycles. The van der Waals surface area contributed by atoms with Gasteiger partial charge >= 0.3 is 0 Å². The van der Waals surface area contributed by atoms with Crippen molar-refractivity contribution in [2.45, 2.75) is 62.6 Å². The molecule has 0 radical (unpaired) electrons. The summed E-state index contributed by atoms with van der Waals surface area (Å²) >= 11 is 6.00. The third-order valence-electron chi connectivity index (χ3n) is 6.53. The van der Waals surface area contributed by atoms with Crippen LogP contribution in [-0.2, 0) is 19.6 Å². The van der Waals surface area contributed by atoms with Gasteiger partial charge < -0.3 is 9.80 Å². The summed E-state index contributed by atoms with van der Waals surface area (Å²) in [5, 5.41) is 2.15. The molecule has 2 amide bonds. The third-order valence-corrected chi connectivity index (χ3v) is 8.24. The van der Waals surface area contributed by atoms with Crippen LogP contribution in [0.1, 0.15) is 39.5 Å². The van der Waals surface area contributed by atoms with E-state index in [1.54, 1.807) is 37.3 Å². The number of sulfonamides is 1. The van der Waals surface area contributed by atoms with Gasteiger partial charge in [0.05, 0.1) is 4.90 Å². The highest BCUT2D eigenvalue weighted by Gasteiger charge is 2.40. The lowest BCUT2D eigenvalue weighted by Crippen LogP contribution is -2.53. The van der Waals surface area contributed by atoms with Crippen LogP contribution in [-0.4, -0.2) is 61.2 Å². The van der Waals surface area contributed by atoms with Gasteiger partial charge in [-0.15, -0.1) is 0 Å². The van der Waals surface area contributed by atoms with E-state index in [9.17, 15) is 18.0 Å². The molecular formula is C23H28ClN3O4S. The zero-order chi connectivity index (χ0) is 23.0. The lowest BCUT2D eigenvalue weighted by Gasteiger charge is -2.37. The number of likely N-dealkylation sites (tertiary alicyclic amines) is 2. The van der Waals surface area contributed by atoms with Crippen LogP contribution >= 0.6 is 11.6 Å². The lowest BCUT2D eigenvalue weighted by atomic mass is 10.0. The molecule has 2 aliphatic heterocycles. The fourth-order valence-corrected chi connectivity index (χ4v) is 6.05. The van der Waals surface area contributed by atoms with E-state index in [1.807, 2.05) is 11.8 Å². The van der Waals surface area contributed by atoms with Crippen molar-refractivity contribution in [1.82, 2.24) is 14.5 Å². The fourth-order valence-electron chi connectivity index (χ4n) is 4.61. The molecule has 172 valence electrons. The molecule has 2 saturated heterocycles. The fraction of sp³-hybridized carbons (Fsp3) is 0.478. The van der Waals surface area contributed by atoms with Crippen molar-refractivity contribution in [3.05, 3.63) is 41.4 Å². The van der Waals surface area contributed by atoms with Crippen molar-refractivity contribution >= 4 is 44.2 Å². The number of nitrogens with one attached hydrogen (secondary N) is 1. The summed E-state index contributed by atoms with van der Waals surface area (Å²) in [7, 11) is -3.90. The molecule has 2 aromatic rings. The van der Waals surface area contributed by atoms with Gasteiger partial charge in [0.25, 0.3) is 0 Å². The average molecular weight is 478 g/mol. The van der Waals surface area contributed by atoms with Crippen LogP contribution in [0.5, 0.6) is 0 Å². The summed E-state index contributed by atoms with van der Waals surface area (Å²) in [6, 6.07) is 8.66. The minimum atomic E-state index is -3.90. The van der Waals surface area contributed by atoms with E-state index < -0.39 is 22.1 Å². The largest absolute Gasteiger partial charge is 0.338 e. The predicted octanol–water partition coefficient (Wildman–Crippen LogP) is 3.16. The standard InChI is InChI=1S/C23H28ClN3O4S/c1-15-5-3-4-11-26(15)22(28)16(2)27-12-10-21(23(27)29)25-32(30,31)20-9-7-17-13-19(24)8-6-18(17)14-20/h6-9,13-16,21,25H,3-5,10-12H2,1-2H3/t15-,16+,21+/m1/s1. The summed E-state index contributed by atoms with van der Waals surface area (Å²) in [6.45, 7) is 4.81. The third kappa shape index (κ3) is 4.49. The summed E-state index contributed by atoms with van der Waals surface area (Å²) in [6.07, 6.45) is 3.37. The minimum Gasteiger partial charge on any atom is -0.338 e. The van der Waals surface area contributed by atoms with Crippen LogP contribution in [0.4, 0.5) is 0 Å². The molecular weight excluding hydrogens is 450 g/mol. The number of amides is 2. The predicted molar refractivity (Wildman–Crippen MR) is 124 cm³/mol. The first-order valence-corrected chi connectivity index (χ1v) is 12.9. The van der Waals surface area contributed by atoms with Crippen LogP contribution in [0.2, 0.25) is 5.02 Å². The number of carbonyl (C=O) groups is 2. The van der Waals surface area contributed by atoms with E-state index in [0.717, 1.165) is 30.0 Å². The van der Waals surface area contributed by atoms with Gasteiger partial charge in [-0.05, 0) is 74.6 Å². The van der Waals surface area contributed by atoms with Gasteiger partial charge in [0.2, 0.25) is 21.8 Å². The van der Waals surface area contributed by atoms with Gasteiger partial charge in [-0.25, -0.2) is 8.42 Å². The number of hydrogen-bond acceptors (Lipinski definition) is 4. The van der Waals surface area contributed by atoms with Crippen LogP contribution in [0.25, 0.3) is 10.8 Å². The highest BCUT2D eigenvalue weighted by Crippen LogP contribution is 2.25. The van der Waals surface area contributed by atoms with Gasteiger partial charge in [-0.2, -0.15) is 4.72 Å². The normalized spacial score (nSPS) is 23.0. The number of benzene rings is 2. The molecule has 0 spiro atoms. The molecule has 0 aromatic heterocycles. The van der Waals surface area contributed by atoms with Gasteiger partial charge in [-0.1, -0.05) is 23.7 Å². The Balaban J connectivity index is 1.46. The molecule has 4 rings (SSSR count). The maximum atomic E-state index is 13.0. The van der Waals surface area contributed by atoms with Crippen molar-refractivity contribution in [3.63, 3.8) is 0 Å². The Morgan fingerprint density at radius 3 is 2.56 bits per heavy atom. The smallest absolute Gasteiger partial charge is 0.245 e. The first-order valence-electron chi connectivity index (χ1n) is 11.0. The van der Waals surface area contributed by atoms with E-state index in [2.05, 4.69) is 4.72 Å². The molecule has 3 atom stereocenters. The molecule has 2 fully saturated rings. The molecule has 0 aliphatic carbocycles. The Bertz CT molecular complexity index is 1150. The number of piperidine rings is 1. The Hall–Kier alpha value is -2.16. The summed E-state index contributed by atoms with van der Waals surface area (Å²) in [5.41, 5.74) is 0. The zero-order valence-corrected chi connectivity index (χ0v) is 19.8. The van der Waals surface area contributed by atoms with Crippen LogP contribution in [0.15, 0.2) is 41.3 Å². The second-order valence-electron chi connectivity index (χ2n) is 8.70. The van der Waals surface area contributed by atoms with Crippen LogP contribution in [0.3, 0.4) is 0 Å². The maximum absolute atomic E-state index is 13.0. The van der Waals surface area contributed by atoms with Crippen molar-refractivity contribution in [1.29, 1.82) is 0 Å². The SMILES string of the molecule is C[C@@H]1CCCCN1C(=O)[C@H](C)N1CC[C@H](NS(=O)(=O)c2ccc3cc(Cl)ccc3c2)C1=O. The number of halogens is 1. The monoisotopic (exact) mass is 477 g/mol. The van der Waals surface area contributed by atoms with Gasteiger partial charge in [0.15, 0.2) is 0 Å². The van der Waals surface area contributed by atoms with E-state index in [-0.39, 0.29) is 22.8 Å². The summed E-state index contributed by atoms with van der Waals surface area (Å²) in [5.74, 6) is -0.422. The Morgan fingerprint density at radius 2 is 1.81 bits per heavy atom. The number of carbonyl (C=O) groups excluding carboxylic acids is 2. The lowest BCUT2D eigenvalue weighted by molar-refractivity contribution is -0.145. The molecule has 0 saturated carbocycles. The summed E-state index contributed by atoms with van der Waals surface area (Å²) in [4.78, 5) is 29.4. The molecule has 7 nitrogen and oxygen atoms in total. The van der Waals surface area contributed by atoms with Crippen molar-refractivity contribution < 1.29 is 18.0 Å². The Labute approximate surface area is 193 Å². The molecule has 0 bridgehead atoms. The first kappa shape index (κ1) is 23.0. The van der Waals surface area contributed by atoms with Crippen molar-refractivity contribution in [2.75, 3.05) is 13.1 Å². The van der Waals surface area contributed by atoms with Gasteiger partial charge in [0, 0.05) is 24.2 Å². The number of rotatable bonds is 5. The average Bonchev–Trinajstić information content (AvgIpc) is 3.12. The topological polar surface area (TPSA) is 86.8 Å². The van der Waals surface area contributed by atoms with Gasteiger partial charge in [0.1, 0.15) is 12.1 Å². The quantitative estimate of drug-likeness (QED) is 0.716. The molecule has 0 unspecified atom stereocenters. The maximum Gasteiger partial charge on any atom is 0.245 e. The zero-order valence-electron chi connectivity index (χ0n) is 18.3. The van der Waals surface area contributed by atoms with Crippen molar-refractivity contribution in [3.8, 4) is 0 Å². The minimum absolute atomic E-state index is 0.0674. The molecule has 2 aliphatic rings. The van der Waals surface area contributed by atoms with E-state index in [4.69, 9.17) is 11.6 Å². The van der Waals surface area contributed by atoms with Crippen LogP contribution < -0.4 is 4.72 Å². The number of hydrogen-bond donors (Lipinski definition) is 1. The Morgan fingerprint density at radius 1 is 1.09 bits per heavy atom. The summed E-state index contributed by atoms with van der Waals surface area (Å²) < 4.78 is 28.5. The van der Waals surface area contributed by atoms with E-state index in [1.165, 1.54) is 11.0 Å². The highest BCUT2D eigenvalue weighted by molar-refractivity contribution is 7.89. The second kappa shape index (κ2) is 9.00. The highest BCUT2D eigenvalue weighted by atomic mass is 35.5. The molecule has 9 heteroatoms. The first-order chi connectivity index (χ1) is 15.2. The van der Waals surface area contributed by atoms with Crippen molar-refractivity contribution in [2.24, 2.45) is 0 Å². The molecule has 1 N–H and O–H groups in total. The molecule has 32 heavy (non-hydrogen) atoms. The Kier molecular flexibility index (Phi) is 6.47. The number of fused-ring (bicyclic) bond motifs is 1. The van der Waals surface area contributed by atoms with Gasteiger partial charge in [-0.3, -0.25) is 9.59 Å². The number of nitrogens with zero attached hydrogens (tertiary/aromatic N) is 2. The molecule has 2 aromatic carbocycles. The second-order valence-corrected chi connectivity index (χ2v) is 10.9. The van der Waals surface area contributed by atoms with E-state index in [0.29, 0.717) is 24.5 Å². The van der Waals surface area contributed by atoms with Crippen LogP contribution in [0, 0.1) is 0 Å².